The zero-order valence-corrected chi connectivity index (χ0v) is 15.5. The van der Waals surface area contributed by atoms with Gasteiger partial charge in [0.25, 0.3) is 17.7 Å². The lowest BCUT2D eigenvalue weighted by Gasteiger charge is -2.16. The second-order valence-electron chi connectivity index (χ2n) is 5.61. The highest BCUT2D eigenvalue weighted by Crippen LogP contribution is 2.09. The Morgan fingerprint density at radius 3 is 2.14 bits per heavy atom. The Morgan fingerprint density at radius 2 is 1.68 bits per heavy atom. The van der Waals surface area contributed by atoms with Gasteiger partial charge in [0.1, 0.15) is 17.4 Å². The van der Waals surface area contributed by atoms with Gasteiger partial charge in [-0.05, 0) is 12.1 Å². The molecular weight excluding hydrogens is 368 g/mol. The number of rotatable bonds is 7. The predicted octanol–water partition coefficient (Wildman–Crippen LogP) is -0.962. The topological polar surface area (TPSA) is 155 Å². The third kappa shape index (κ3) is 4.90. The van der Waals surface area contributed by atoms with Crippen LogP contribution in [0.5, 0.6) is 0 Å². The average molecular weight is 388 g/mol. The molecule has 0 bridgehead atoms. The van der Waals surface area contributed by atoms with Gasteiger partial charge < -0.3 is 25.7 Å². The summed E-state index contributed by atoms with van der Waals surface area (Å²) in [5.41, 5.74) is 0.377. The molecule has 11 heteroatoms. The number of esters is 1. The van der Waals surface area contributed by atoms with Gasteiger partial charge in [0, 0.05) is 38.0 Å². The highest BCUT2D eigenvalue weighted by Gasteiger charge is 2.24. The number of carbonyl (C=O) groups is 4. The third-order valence-corrected chi connectivity index (χ3v) is 3.78. The first-order valence-corrected chi connectivity index (χ1v) is 8.21. The monoisotopic (exact) mass is 388 g/mol. The summed E-state index contributed by atoms with van der Waals surface area (Å²) in [5.74, 6) is -2.47. The number of amides is 3. The number of methoxy groups -OCH3 is 1. The summed E-state index contributed by atoms with van der Waals surface area (Å²) in [4.78, 5) is 59.2. The lowest BCUT2D eigenvalue weighted by molar-refractivity contribution is -0.142. The van der Waals surface area contributed by atoms with Gasteiger partial charge in [-0.25, -0.2) is 14.8 Å². The molecule has 2 aromatic rings. The molecule has 0 aliphatic heterocycles. The SMILES string of the molecule is CNC(=O)c1cc(C(=O)N[C@H](Cc2cnc[nH]2)C(=O)OC)cc(C(=O)NC)n1. The van der Waals surface area contributed by atoms with Crippen LogP contribution in [0.2, 0.25) is 0 Å². The minimum Gasteiger partial charge on any atom is -0.467 e. The highest BCUT2D eigenvalue weighted by molar-refractivity contribution is 6.03. The van der Waals surface area contributed by atoms with Gasteiger partial charge in [-0.2, -0.15) is 0 Å². The Balaban J connectivity index is 2.32. The molecule has 1 atom stereocenters. The lowest BCUT2D eigenvalue weighted by atomic mass is 10.1. The molecule has 0 unspecified atom stereocenters. The zero-order chi connectivity index (χ0) is 20.7. The van der Waals surface area contributed by atoms with Crippen molar-refractivity contribution in [3.63, 3.8) is 0 Å². The van der Waals surface area contributed by atoms with Crippen LogP contribution in [0.4, 0.5) is 0 Å². The summed E-state index contributed by atoms with van der Waals surface area (Å²) in [5, 5.41) is 7.30. The molecule has 11 nitrogen and oxygen atoms in total. The number of aromatic amines is 1. The first kappa shape index (κ1) is 20.6. The van der Waals surface area contributed by atoms with E-state index in [-0.39, 0.29) is 23.4 Å². The fraction of sp³-hybridized carbons (Fsp3) is 0.294. The summed E-state index contributed by atoms with van der Waals surface area (Å²) in [6.07, 6.45) is 3.08. The van der Waals surface area contributed by atoms with Crippen LogP contribution >= 0.6 is 0 Å². The fourth-order valence-corrected chi connectivity index (χ4v) is 2.34. The number of aromatic nitrogens is 3. The van der Waals surface area contributed by atoms with Crippen LogP contribution in [-0.4, -0.2) is 65.9 Å². The molecule has 0 radical (unpaired) electrons. The van der Waals surface area contributed by atoms with Crippen LogP contribution in [0.15, 0.2) is 24.7 Å². The minimum atomic E-state index is -1.00. The zero-order valence-electron chi connectivity index (χ0n) is 15.5. The number of imidazole rings is 1. The quantitative estimate of drug-likeness (QED) is 0.445. The lowest BCUT2D eigenvalue weighted by Crippen LogP contribution is -2.43. The highest BCUT2D eigenvalue weighted by atomic mass is 16.5. The van der Waals surface area contributed by atoms with Crippen molar-refractivity contribution in [2.75, 3.05) is 21.2 Å². The van der Waals surface area contributed by atoms with Gasteiger partial charge in [-0.3, -0.25) is 14.4 Å². The fourth-order valence-electron chi connectivity index (χ4n) is 2.34. The number of carbonyl (C=O) groups excluding carboxylic acids is 4. The van der Waals surface area contributed by atoms with Crippen molar-refractivity contribution in [2.24, 2.45) is 0 Å². The van der Waals surface area contributed by atoms with Crippen molar-refractivity contribution in [1.82, 2.24) is 30.9 Å². The number of nitrogens with zero attached hydrogens (tertiary/aromatic N) is 2. The minimum absolute atomic E-state index is 0.00860. The number of ether oxygens (including phenoxy) is 1. The second kappa shape index (κ2) is 9.26. The molecule has 0 saturated heterocycles. The molecular formula is C17H20N6O5. The summed E-state index contributed by atoms with van der Waals surface area (Å²) in [6.45, 7) is 0. The maximum atomic E-state index is 12.7. The van der Waals surface area contributed by atoms with E-state index in [0.29, 0.717) is 5.69 Å². The predicted molar refractivity (Wildman–Crippen MR) is 96.6 cm³/mol. The first-order valence-electron chi connectivity index (χ1n) is 8.21. The smallest absolute Gasteiger partial charge is 0.328 e. The van der Waals surface area contributed by atoms with Gasteiger partial charge in [0.2, 0.25) is 0 Å². The van der Waals surface area contributed by atoms with Gasteiger partial charge in [-0.1, -0.05) is 0 Å². The molecule has 4 N–H and O–H groups in total. The number of hydrogen-bond acceptors (Lipinski definition) is 7. The second-order valence-corrected chi connectivity index (χ2v) is 5.61. The van der Waals surface area contributed by atoms with E-state index in [2.05, 4.69) is 30.9 Å². The summed E-state index contributed by atoms with van der Waals surface area (Å²) in [6, 6.07) is 1.45. The number of H-pyrrole nitrogens is 1. The molecule has 28 heavy (non-hydrogen) atoms. The Bertz CT molecular complexity index is 846. The summed E-state index contributed by atoms with van der Waals surface area (Å²) in [7, 11) is 4.00. The van der Waals surface area contributed by atoms with Crippen LogP contribution in [0.25, 0.3) is 0 Å². The van der Waals surface area contributed by atoms with Crippen molar-refractivity contribution in [1.29, 1.82) is 0 Å². The van der Waals surface area contributed by atoms with Crippen LogP contribution < -0.4 is 16.0 Å². The summed E-state index contributed by atoms with van der Waals surface area (Å²) < 4.78 is 4.73. The maximum Gasteiger partial charge on any atom is 0.328 e. The molecule has 0 aliphatic carbocycles. The third-order valence-electron chi connectivity index (χ3n) is 3.78. The number of hydrogen-bond donors (Lipinski definition) is 4. The van der Waals surface area contributed by atoms with E-state index in [4.69, 9.17) is 4.74 Å². The largest absolute Gasteiger partial charge is 0.467 e. The van der Waals surface area contributed by atoms with E-state index in [9.17, 15) is 19.2 Å². The molecule has 0 spiro atoms. The van der Waals surface area contributed by atoms with E-state index in [1.165, 1.54) is 45.9 Å². The maximum absolute atomic E-state index is 12.7. The normalized spacial score (nSPS) is 11.2. The molecule has 0 aromatic carbocycles. The van der Waals surface area contributed by atoms with Crippen LogP contribution in [-0.2, 0) is 16.0 Å². The van der Waals surface area contributed by atoms with Crippen molar-refractivity contribution in [3.8, 4) is 0 Å². The van der Waals surface area contributed by atoms with Crippen molar-refractivity contribution >= 4 is 23.7 Å². The van der Waals surface area contributed by atoms with E-state index < -0.39 is 29.7 Å². The molecule has 0 fully saturated rings. The Hall–Kier alpha value is -3.76. The molecule has 0 aliphatic rings. The summed E-state index contributed by atoms with van der Waals surface area (Å²) >= 11 is 0. The van der Waals surface area contributed by atoms with Gasteiger partial charge >= 0.3 is 5.97 Å². The molecule has 2 rings (SSSR count). The average Bonchev–Trinajstić information content (AvgIpc) is 3.24. The van der Waals surface area contributed by atoms with Gasteiger partial charge in [0.15, 0.2) is 0 Å². The molecule has 2 aromatic heterocycles. The molecule has 2 heterocycles. The van der Waals surface area contributed by atoms with Crippen molar-refractivity contribution in [2.45, 2.75) is 12.5 Å². The van der Waals surface area contributed by atoms with Crippen molar-refractivity contribution in [3.05, 3.63) is 47.3 Å². The van der Waals surface area contributed by atoms with Crippen LogP contribution in [0, 0.1) is 0 Å². The first-order chi connectivity index (χ1) is 13.4. The van der Waals surface area contributed by atoms with Crippen molar-refractivity contribution < 1.29 is 23.9 Å². The Labute approximate surface area is 160 Å². The van der Waals surface area contributed by atoms with Crippen LogP contribution in [0.3, 0.4) is 0 Å². The van der Waals surface area contributed by atoms with Crippen LogP contribution in [0.1, 0.15) is 37.0 Å². The number of pyridine rings is 1. The van der Waals surface area contributed by atoms with E-state index in [0.717, 1.165) is 0 Å². The molecule has 3 amide bonds. The number of nitrogens with one attached hydrogen (secondary N) is 4. The Kier molecular flexibility index (Phi) is 6.79. The van der Waals surface area contributed by atoms with E-state index in [1.807, 2.05) is 0 Å². The molecule has 148 valence electrons. The van der Waals surface area contributed by atoms with Gasteiger partial charge in [-0.15, -0.1) is 0 Å². The van der Waals surface area contributed by atoms with Gasteiger partial charge in [0.05, 0.1) is 13.4 Å². The van der Waals surface area contributed by atoms with E-state index in [1.54, 1.807) is 0 Å². The Morgan fingerprint density at radius 1 is 1.07 bits per heavy atom. The van der Waals surface area contributed by atoms with E-state index >= 15 is 0 Å². The standard InChI is InChI=1S/C17H20N6O5/c1-18-15(25)11-4-9(5-12(22-11)16(26)19-2)14(24)23-13(17(27)28-3)6-10-7-20-8-21-10/h4-5,7-8,13H,6H2,1-3H3,(H,18,25)(H,19,26)(H,20,21)(H,23,24)/t13-/m1/s1. The molecule has 0 saturated carbocycles.